The quantitative estimate of drug-likeness (QED) is 0.329. The standard InChI is InChI=1S/C16H29F3O4/c1-2-3-4-5-6-7-8-9-10-21-11-12-22-13-14-23-15(20)16(17,18)19/h2-14H2,1H3. The Morgan fingerprint density at radius 1 is 0.739 bits per heavy atom. The van der Waals surface area contributed by atoms with Crippen LogP contribution in [0, 0.1) is 0 Å². The van der Waals surface area contributed by atoms with Gasteiger partial charge in [0.05, 0.1) is 19.8 Å². The van der Waals surface area contributed by atoms with E-state index in [1.807, 2.05) is 0 Å². The highest BCUT2D eigenvalue weighted by atomic mass is 19.4. The van der Waals surface area contributed by atoms with Crippen LogP contribution < -0.4 is 0 Å². The van der Waals surface area contributed by atoms with E-state index in [0.29, 0.717) is 13.2 Å². The Labute approximate surface area is 136 Å². The first kappa shape index (κ1) is 22.2. The Kier molecular flexibility index (Phi) is 14.2. The monoisotopic (exact) mass is 342 g/mol. The van der Waals surface area contributed by atoms with Gasteiger partial charge in [0, 0.05) is 6.61 Å². The molecule has 0 aromatic rings. The fourth-order valence-electron chi connectivity index (χ4n) is 1.94. The number of hydrogen-bond acceptors (Lipinski definition) is 4. The predicted molar refractivity (Wildman–Crippen MR) is 81.3 cm³/mol. The van der Waals surface area contributed by atoms with Crippen LogP contribution in [-0.4, -0.2) is 45.2 Å². The smallest absolute Gasteiger partial charge is 0.457 e. The lowest BCUT2D eigenvalue weighted by molar-refractivity contribution is -0.200. The molecule has 0 saturated heterocycles. The van der Waals surface area contributed by atoms with Gasteiger partial charge in [0.1, 0.15) is 6.61 Å². The van der Waals surface area contributed by atoms with Gasteiger partial charge >= 0.3 is 12.1 Å². The third kappa shape index (κ3) is 15.8. The molecule has 0 radical (unpaired) electrons. The van der Waals surface area contributed by atoms with Crippen molar-refractivity contribution in [2.45, 2.75) is 64.5 Å². The van der Waals surface area contributed by atoms with E-state index >= 15 is 0 Å². The predicted octanol–water partition coefficient (Wildman–Crippen LogP) is 4.27. The minimum absolute atomic E-state index is 0.0665. The van der Waals surface area contributed by atoms with Gasteiger partial charge in [-0.1, -0.05) is 51.9 Å². The van der Waals surface area contributed by atoms with Gasteiger partial charge in [0.25, 0.3) is 0 Å². The van der Waals surface area contributed by atoms with Gasteiger partial charge in [-0.15, -0.1) is 0 Å². The second kappa shape index (κ2) is 14.8. The summed E-state index contributed by atoms with van der Waals surface area (Å²) in [4.78, 5) is 10.4. The van der Waals surface area contributed by atoms with Crippen molar-refractivity contribution in [2.24, 2.45) is 0 Å². The number of halogens is 3. The van der Waals surface area contributed by atoms with E-state index in [1.54, 1.807) is 0 Å². The molecule has 0 spiro atoms. The van der Waals surface area contributed by atoms with Crippen LogP contribution in [0.15, 0.2) is 0 Å². The normalized spacial score (nSPS) is 11.7. The molecule has 4 nitrogen and oxygen atoms in total. The summed E-state index contributed by atoms with van der Waals surface area (Å²) in [5.41, 5.74) is 0. The molecule has 23 heavy (non-hydrogen) atoms. The van der Waals surface area contributed by atoms with E-state index in [9.17, 15) is 18.0 Å². The number of carbonyl (C=O) groups is 1. The van der Waals surface area contributed by atoms with Crippen molar-refractivity contribution in [3.8, 4) is 0 Å². The molecule has 0 aromatic heterocycles. The molecule has 0 N–H and O–H groups in total. The maximum absolute atomic E-state index is 11.8. The zero-order chi connectivity index (χ0) is 17.4. The number of alkyl halides is 3. The molecule has 7 heteroatoms. The molecule has 0 bridgehead atoms. The number of rotatable bonds is 15. The van der Waals surface area contributed by atoms with Crippen LogP contribution in [-0.2, 0) is 19.0 Å². The SMILES string of the molecule is CCCCCCCCCCOCCOCCOC(=O)C(F)(F)F. The molecule has 0 heterocycles. The van der Waals surface area contributed by atoms with Crippen molar-refractivity contribution in [2.75, 3.05) is 33.0 Å². The van der Waals surface area contributed by atoms with E-state index < -0.39 is 18.8 Å². The fourth-order valence-corrected chi connectivity index (χ4v) is 1.94. The lowest BCUT2D eigenvalue weighted by Gasteiger charge is -2.08. The minimum atomic E-state index is -4.95. The number of hydrogen-bond donors (Lipinski definition) is 0. The summed E-state index contributed by atoms with van der Waals surface area (Å²) in [7, 11) is 0. The average molecular weight is 342 g/mol. The van der Waals surface area contributed by atoms with Gasteiger partial charge in [-0.25, -0.2) is 4.79 Å². The first-order valence-corrected chi connectivity index (χ1v) is 8.38. The highest BCUT2D eigenvalue weighted by Crippen LogP contribution is 2.16. The lowest BCUT2D eigenvalue weighted by atomic mass is 10.1. The van der Waals surface area contributed by atoms with Crippen molar-refractivity contribution in [3.05, 3.63) is 0 Å². The van der Waals surface area contributed by atoms with E-state index in [4.69, 9.17) is 9.47 Å². The second-order valence-corrected chi connectivity index (χ2v) is 5.33. The molecule has 0 aliphatic rings. The van der Waals surface area contributed by atoms with Crippen molar-refractivity contribution in [1.29, 1.82) is 0 Å². The summed E-state index contributed by atoms with van der Waals surface area (Å²) in [6, 6.07) is 0. The summed E-state index contributed by atoms with van der Waals surface area (Å²) < 4.78 is 49.7. The second-order valence-electron chi connectivity index (χ2n) is 5.33. The van der Waals surface area contributed by atoms with Crippen LogP contribution in [0.1, 0.15) is 58.3 Å². The molecule has 138 valence electrons. The molecule has 0 aromatic carbocycles. The third-order valence-electron chi connectivity index (χ3n) is 3.21. The highest BCUT2D eigenvalue weighted by Gasteiger charge is 2.40. The summed E-state index contributed by atoms with van der Waals surface area (Å²) in [6.45, 7) is 3.07. The Morgan fingerprint density at radius 3 is 1.78 bits per heavy atom. The molecule has 0 fully saturated rings. The topological polar surface area (TPSA) is 44.8 Å². The van der Waals surface area contributed by atoms with Crippen molar-refractivity contribution in [3.63, 3.8) is 0 Å². The van der Waals surface area contributed by atoms with E-state index in [-0.39, 0.29) is 13.2 Å². The average Bonchev–Trinajstić information content (AvgIpc) is 2.50. The van der Waals surface area contributed by atoms with Crippen LogP contribution in [0.4, 0.5) is 13.2 Å². The van der Waals surface area contributed by atoms with Gasteiger partial charge in [-0.2, -0.15) is 13.2 Å². The minimum Gasteiger partial charge on any atom is -0.457 e. The highest BCUT2D eigenvalue weighted by molar-refractivity contribution is 5.75. The molecule has 0 aliphatic carbocycles. The first-order valence-electron chi connectivity index (χ1n) is 8.38. The van der Waals surface area contributed by atoms with Gasteiger partial charge in [-0.3, -0.25) is 0 Å². The zero-order valence-corrected chi connectivity index (χ0v) is 14.0. The Hall–Kier alpha value is -0.820. The van der Waals surface area contributed by atoms with Crippen LogP contribution in [0.3, 0.4) is 0 Å². The Bertz CT molecular complexity index is 283. The summed E-state index contributed by atoms with van der Waals surface area (Å²) in [5.74, 6) is -2.19. The van der Waals surface area contributed by atoms with Gasteiger partial charge in [-0.05, 0) is 6.42 Å². The van der Waals surface area contributed by atoms with Crippen LogP contribution in [0.25, 0.3) is 0 Å². The van der Waals surface area contributed by atoms with Crippen LogP contribution in [0.5, 0.6) is 0 Å². The summed E-state index contributed by atoms with van der Waals surface area (Å²) >= 11 is 0. The molecule has 0 amide bonds. The first-order chi connectivity index (χ1) is 11.0. The maximum atomic E-state index is 11.8. The van der Waals surface area contributed by atoms with Crippen molar-refractivity contribution in [1.82, 2.24) is 0 Å². The number of esters is 1. The van der Waals surface area contributed by atoms with E-state index in [0.717, 1.165) is 12.8 Å². The number of ether oxygens (including phenoxy) is 3. The number of unbranched alkanes of at least 4 members (excludes halogenated alkanes) is 7. The van der Waals surface area contributed by atoms with Crippen molar-refractivity contribution >= 4 is 5.97 Å². The number of carbonyl (C=O) groups excluding carboxylic acids is 1. The van der Waals surface area contributed by atoms with Crippen LogP contribution >= 0.6 is 0 Å². The summed E-state index contributed by atoms with van der Waals surface area (Å²) in [5, 5.41) is 0. The molecule has 0 saturated carbocycles. The Morgan fingerprint density at radius 2 is 1.22 bits per heavy atom. The maximum Gasteiger partial charge on any atom is 0.490 e. The molecular weight excluding hydrogens is 313 g/mol. The molecule has 0 aliphatic heterocycles. The fraction of sp³-hybridized carbons (Fsp3) is 0.938. The lowest BCUT2D eigenvalue weighted by Crippen LogP contribution is -2.26. The zero-order valence-electron chi connectivity index (χ0n) is 14.0. The largest absolute Gasteiger partial charge is 0.490 e. The molecule has 0 rings (SSSR count). The third-order valence-corrected chi connectivity index (χ3v) is 3.21. The molecule has 0 atom stereocenters. The summed E-state index contributed by atoms with van der Waals surface area (Å²) in [6.07, 6.45) is 4.94. The molecular formula is C16H29F3O4. The van der Waals surface area contributed by atoms with E-state index in [1.165, 1.54) is 38.5 Å². The Balaban J connectivity index is 3.12. The van der Waals surface area contributed by atoms with Crippen LogP contribution in [0.2, 0.25) is 0 Å². The molecule has 0 unspecified atom stereocenters. The van der Waals surface area contributed by atoms with Crippen molar-refractivity contribution < 1.29 is 32.2 Å². The van der Waals surface area contributed by atoms with Gasteiger partial charge in [0.15, 0.2) is 0 Å². The van der Waals surface area contributed by atoms with E-state index in [2.05, 4.69) is 11.7 Å². The van der Waals surface area contributed by atoms with Gasteiger partial charge < -0.3 is 14.2 Å². The van der Waals surface area contributed by atoms with Gasteiger partial charge in [0.2, 0.25) is 0 Å².